The highest BCUT2D eigenvalue weighted by molar-refractivity contribution is 9.10. The lowest BCUT2D eigenvalue weighted by Crippen LogP contribution is -2.34. The molecule has 0 amide bonds. The van der Waals surface area contributed by atoms with Crippen LogP contribution in [0.2, 0.25) is 0 Å². The van der Waals surface area contributed by atoms with Crippen LogP contribution in [0.5, 0.6) is 0 Å². The van der Waals surface area contributed by atoms with Gasteiger partial charge < -0.3 is 0 Å². The zero-order valence-corrected chi connectivity index (χ0v) is 11.0. The third kappa shape index (κ3) is 2.38. The molecule has 4 heteroatoms. The lowest BCUT2D eigenvalue weighted by atomic mass is 9.89. The molecule has 1 atom stereocenters. The van der Waals surface area contributed by atoms with Gasteiger partial charge in [0, 0.05) is 18.8 Å². The lowest BCUT2D eigenvalue weighted by Gasteiger charge is -2.26. The van der Waals surface area contributed by atoms with E-state index in [0.29, 0.717) is 12.8 Å². The molecule has 0 radical (unpaired) electrons. The molecule has 1 unspecified atom stereocenters. The molecule has 16 heavy (non-hydrogen) atoms. The summed E-state index contributed by atoms with van der Waals surface area (Å²) in [6.45, 7) is 3.71. The summed E-state index contributed by atoms with van der Waals surface area (Å²) in [7, 11) is 0. The van der Waals surface area contributed by atoms with Crippen molar-refractivity contribution in [1.29, 1.82) is 5.41 Å². The van der Waals surface area contributed by atoms with E-state index in [-0.39, 0.29) is 11.5 Å². The Morgan fingerprint density at radius 1 is 1.56 bits per heavy atom. The van der Waals surface area contributed by atoms with E-state index < -0.39 is 4.32 Å². The van der Waals surface area contributed by atoms with Crippen LogP contribution in [-0.4, -0.2) is 16.5 Å². The van der Waals surface area contributed by atoms with E-state index in [0.717, 1.165) is 5.56 Å². The van der Waals surface area contributed by atoms with E-state index in [4.69, 9.17) is 5.41 Å². The fourth-order valence-electron chi connectivity index (χ4n) is 1.52. The predicted octanol–water partition coefficient (Wildman–Crippen LogP) is 3.08. The largest absolute Gasteiger partial charge is 0.300 e. The molecule has 3 nitrogen and oxygen atoms in total. The molecule has 1 heterocycles. The summed E-state index contributed by atoms with van der Waals surface area (Å²) in [6, 6.07) is 3.69. The maximum atomic E-state index is 11.6. The summed E-state index contributed by atoms with van der Waals surface area (Å²) in [4.78, 5) is 15.6. The average Bonchev–Trinajstić information content (AvgIpc) is 2.37. The minimum atomic E-state index is -0.700. The minimum Gasteiger partial charge on any atom is -0.300 e. The summed E-state index contributed by atoms with van der Waals surface area (Å²) in [5.41, 5.74) is 0.954. The van der Waals surface area contributed by atoms with Gasteiger partial charge in [-0.3, -0.25) is 15.2 Å². The minimum absolute atomic E-state index is 0.102. The first-order chi connectivity index (χ1) is 7.56. The van der Waals surface area contributed by atoms with Crippen molar-refractivity contribution in [3.05, 3.63) is 30.1 Å². The van der Waals surface area contributed by atoms with Gasteiger partial charge in [-0.15, -0.1) is 0 Å². The molecule has 0 fully saturated rings. The number of nitrogens with one attached hydrogen (secondary N) is 1. The maximum absolute atomic E-state index is 11.6. The van der Waals surface area contributed by atoms with Crippen molar-refractivity contribution < 1.29 is 4.79 Å². The van der Waals surface area contributed by atoms with Crippen LogP contribution in [0.1, 0.15) is 32.3 Å². The fraction of sp³-hybridized carbons (Fsp3) is 0.417. The Bertz CT molecular complexity index is 391. The highest BCUT2D eigenvalue weighted by Gasteiger charge is 2.35. The number of nitrogens with zero attached hydrogens (tertiary/aromatic N) is 1. The van der Waals surface area contributed by atoms with Crippen molar-refractivity contribution in [2.24, 2.45) is 0 Å². The predicted molar refractivity (Wildman–Crippen MR) is 68.2 cm³/mol. The van der Waals surface area contributed by atoms with Crippen LogP contribution in [0, 0.1) is 5.41 Å². The second-order valence-corrected chi connectivity index (χ2v) is 4.90. The fourth-order valence-corrected chi connectivity index (χ4v) is 1.98. The van der Waals surface area contributed by atoms with Crippen LogP contribution >= 0.6 is 15.9 Å². The number of aromatic nitrogens is 1. The Hall–Kier alpha value is -1.03. The molecular formula is C12H15BrN2O. The first-order valence-electron chi connectivity index (χ1n) is 5.27. The number of pyridine rings is 1. The molecule has 0 saturated carbocycles. The van der Waals surface area contributed by atoms with E-state index >= 15 is 0 Å². The third-order valence-corrected chi connectivity index (χ3v) is 4.02. The van der Waals surface area contributed by atoms with E-state index in [2.05, 4.69) is 20.9 Å². The second-order valence-electron chi connectivity index (χ2n) is 3.55. The Morgan fingerprint density at radius 2 is 2.25 bits per heavy atom. The summed E-state index contributed by atoms with van der Waals surface area (Å²) < 4.78 is -0.700. The normalized spacial score (nSPS) is 14.2. The van der Waals surface area contributed by atoms with Gasteiger partial charge >= 0.3 is 0 Å². The molecule has 0 aliphatic carbocycles. The van der Waals surface area contributed by atoms with Gasteiger partial charge in [-0.1, -0.05) is 35.8 Å². The zero-order chi connectivity index (χ0) is 12.2. The van der Waals surface area contributed by atoms with E-state index in [1.807, 2.05) is 19.1 Å². The summed E-state index contributed by atoms with van der Waals surface area (Å²) in [5.74, 6) is -0.137. The Balaban J connectivity index is 3.13. The van der Waals surface area contributed by atoms with Crippen LogP contribution < -0.4 is 0 Å². The second kappa shape index (κ2) is 5.34. The number of alkyl halides is 1. The average molecular weight is 283 g/mol. The van der Waals surface area contributed by atoms with E-state index in [1.165, 1.54) is 0 Å². The number of hydrogen-bond acceptors (Lipinski definition) is 3. The van der Waals surface area contributed by atoms with Gasteiger partial charge in [0.25, 0.3) is 0 Å². The van der Waals surface area contributed by atoms with Gasteiger partial charge in [0.15, 0.2) is 5.78 Å². The third-order valence-electron chi connectivity index (χ3n) is 2.60. The Labute approximate surface area is 104 Å². The van der Waals surface area contributed by atoms with Crippen LogP contribution in [0.25, 0.3) is 0 Å². The number of carbonyl (C=O) groups excluding carboxylic acids is 1. The van der Waals surface area contributed by atoms with Crippen molar-refractivity contribution in [3.8, 4) is 0 Å². The molecule has 86 valence electrons. The van der Waals surface area contributed by atoms with Crippen molar-refractivity contribution in [3.63, 3.8) is 0 Å². The van der Waals surface area contributed by atoms with Gasteiger partial charge in [0.2, 0.25) is 0 Å². The number of carbonyl (C=O) groups is 1. The van der Waals surface area contributed by atoms with Crippen molar-refractivity contribution in [2.75, 3.05) is 0 Å². The zero-order valence-electron chi connectivity index (χ0n) is 9.46. The van der Waals surface area contributed by atoms with Gasteiger partial charge in [-0.25, -0.2) is 0 Å². The maximum Gasteiger partial charge on any atom is 0.177 e. The smallest absolute Gasteiger partial charge is 0.177 e. The molecule has 0 bridgehead atoms. The van der Waals surface area contributed by atoms with Gasteiger partial charge in [0.1, 0.15) is 0 Å². The molecule has 0 saturated heterocycles. The van der Waals surface area contributed by atoms with E-state index in [9.17, 15) is 4.79 Å². The molecule has 0 aliphatic heterocycles. The van der Waals surface area contributed by atoms with Crippen LogP contribution in [0.15, 0.2) is 24.5 Å². The Kier molecular flexibility index (Phi) is 4.35. The number of ketones is 1. The van der Waals surface area contributed by atoms with Crippen LogP contribution in [0.4, 0.5) is 0 Å². The molecule has 0 aliphatic rings. The highest BCUT2D eigenvalue weighted by atomic mass is 79.9. The van der Waals surface area contributed by atoms with E-state index in [1.54, 1.807) is 19.3 Å². The first kappa shape index (κ1) is 13.0. The van der Waals surface area contributed by atoms with Crippen LogP contribution in [0.3, 0.4) is 0 Å². The van der Waals surface area contributed by atoms with Crippen molar-refractivity contribution >= 4 is 27.4 Å². The Morgan fingerprint density at radius 3 is 2.69 bits per heavy atom. The first-order valence-corrected chi connectivity index (χ1v) is 6.07. The monoisotopic (exact) mass is 282 g/mol. The number of Topliss-reactive ketones (excluding diaryl/α,β-unsaturated/α-hetero) is 1. The molecule has 0 spiro atoms. The van der Waals surface area contributed by atoms with Crippen molar-refractivity contribution in [1.82, 2.24) is 4.98 Å². The number of hydrogen-bond donors (Lipinski definition) is 1. The van der Waals surface area contributed by atoms with Crippen molar-refractivity contribution in [2.45, 2.75) is 31.0 Å². The molecule has 1 N–H and O–H groups in total. The molecule has 1 aromatic heterocycles. The molecule has 1 rings (SSSR count). The summed E-state index contributed by atoms with van der Waals surface area (Å²) in [6.07, 6.45) is 4.36. The van der Waals surface area contributed by atoms with Gasteiger partial charge in [-0.05, 0) is 18.1 Å². The SMILES string of the molecule is CCC(=O)C(=N)C(Br)(CC)c1cccnc1. The number of halogens is 1. The number of rotatable bonds is 5. The standard InChI is InChI=1S/C12H15BrN2O/c1-3-10(16)11(14)12(13,4-2)9-6-5-7-15-8-9/h5-8,14H,3-4H2,1-2H3. The molecule has 0 aromatic carbocycles. The summed E-state index contributed by atoms with van der Waals surface area (Å²) in [5, 5.41) is 7.96. The summed E-state index contributed by atoms with van der Waals surface area (Å²) >= 11 is 3.51. The van der Waals surface area contributed by atoms with Gasteiger partial charge in [-0.2, -0.15) is 0 Å². The molecule has 1 aromatic rings. The lowest BCUT2D eigenvalue weighted by molar-refractivity contribution is -0.112. The quantitative estimate of drug-likeness (QED) is 0.667. The topological polar surface area (TPSA) is 53.8 Å². The van der Waals surface area contributed by atoms with Gasteiger partial charge in [0.05, 0.1) is 10.0 Å². The van der Waals surface area contributed by atoms with Crippen LogP contribution in [-0.2, 0) is 9.12 Å². The molecular weight excluding hydrogens is 268 g/mol. The highest BCUT2D eigenvalue weighted by Crippen LogP contribution is 2.36.